The van der Waals surface area contributed by atoms with Crippen LogP contribution in [0.4, 0.5) is 36.8 Å². The van der Waals surface area contributed by atoms with E-state index in [1.54, 1.807) is 24.9 Å². The van der Waals surface area contributed by atoms with Crippen molar-refractivity contribution in [2.75, 3.05) is 11.9 Å². The Morgan fingerprint density at radius 2 is 1.70 bits per heavy atom. The van der Waals surface area contributed by atoms with E-state index in [0.29, 0.717) is 53.8 Å². The SMILES string of the molecule is CCCCN(Cc1cn(-c2ccc(C(O)(C(F)(F)F)C(F)(F)F)cc2)c(C(C)C)n1)C(=O)Nc1c(C)noc1C. The summed E-state index contributed by atoms with van der Waals surface area (Å²) in [5, 5.41) is 16.3. The Labute approximate surface area is 227 Å². The van der Waals surface area contributed by atoms with Gasteiger partial charge in [0.1, 0.15) is 17.2 Å². The lowest BCUT2D eigenvalue weighted by Gasteiger charge is -2.32. The summed E-state index contributed by atoms with van der Waals surface area (Å²) >= 11 is 0. The van der Waals surface area contributed by atoms with Crippen LogP contribution in [0.25, 0.3) is 5.69 Å². The number of carbonyl (C=O) groups is 1. The van der Waals surface area contributed by atoms with Crippen LogP contribution in [-0.2, 0) is 12.1 Å². The number of rotatable bonds is 9. The molecule has 0 aliphatic heterocycles. The van der Waals surface area contributed by atoms with Crippen molar-refractivity contribution in [2.45, 2.75) is 77.9 Å². The number of aryl methyl sites for hydroxylation is 2. The number of halogens is 6. The van der Waals surface area contributed by atoms with Gasteiger partial charge in [-0.25, -0.2) is 9.78 Å². The highest BCUT2D eigenvalue weighted by Gasteiger charge is 2.71. The Morgan fingerprint density at radius 1 is 1.10 bits per heavy atom. The average molecular weight is 576 g/mol. The van der Waals surface area contributed by atoms with Gasteiger partial charge in [-0.05, 0) is 32.4 Å². The van der Waals surface area contributed by atoms with E-state index >= 15 is 0 Å². The highest BCUT2D eigenvalue weighted by atomic mass is 19.4. The second-order valence-corrected chi connectivity index (χ2v) is 9.77. The number of urea groups is 1. The van der Waals surface area contributed by atoms with E-state index in [0.717, 1.165) is 18.6 Å². The minimum absolute atomic E-state index is 0.0852. The molecule has 3 aromatic rings. The zero-order valence-corrected chi connectivity index (χ0v) is 22.6. The van der Waals surface area contributed by atoms with Gasteiger partial charge in [0.2, 0.25) is 0 Å². The van der Waals surface area contributed by atoms with Crippen molar-refractivity contribution in [1.82, 2.24) is 19.6 Å². The molecule has 0 saturated heterocycles. The molecule has 0 bridgehead atoms. The van der Waals surface area contributed by atoms with Crippen molar-refractivity contribution >= 4 is 11.7 Å². The van der Waals surface area contributed by atoms with Crippen LogP contribution in [0.15, 0.2) is 35.0 Å². The van der Waals surface area contributed by atoms with Gasteiger partial charge in [0.25, 0.3) is 5.60 Å². The van der Waals surface area contributed by atoms with Crippen LogP contribution >= 0.6 is 0 Å². The van der Waals surface area contributed by atoms with E-state index in [1.165, 1.54) is 4.57 Å². The number of carbonyl (C=O) groups excluding carboxylic acids is 1. The molecule has 2 heterocycles. The standard InChI is InChI=1S/C26H31F6N5O3/c1-6-7-12-36(23(38)34-21-16(4)35-40-17(21)5)13-19-14-37(22(33-19)15(2)3)20-10-8-18(9-11-20)24(39,25(27,28)29)26(30,31)32/h8-11,14-15,39H,6-7,12-13H2,1-5H3,(H,34,38). The van der Waals surface area contributed by atoms with Crippen LogP contribution in [0.2, 0.25) is 0 Å². The van der Waals surface area contributed by atoms with Crippen LogP contribution in [0, 0.1) is 13.8 Å². The average Bonchev–Trinajstić information content (AvgIpc) is 3.43. The first-order chi connectivity index (χ1) is 18.5. The number of anilines is 1. The Kier molecular flexibility index (Phi) is 8.92. The van der Waals surface area contributed by atoms with Crippen molar-refractivity contribution in [2.24, 2.45) is 0 Å². The molecule has 0 aliphatic rings. The van der Waals surface area contributed by atoms with Crippen LogP contribution in [0.1, 0.15) is 68.1 Å². The summed E-state index contributed by atoms with van der Waals surface area (Å²) in [6.07, 6.45) is -8.87. The van der Waals surface area contributed by atoms with Gasteiger partial charge < -0.3 is 24.4 Å². The number of benzene rings is 1. The molecular formula is C26H31F6N5O3. The normalized spacial score (nSPS) is 12.7. The third-order valence-electron chi connectivity index (χ3n) is 6.37. The quantitative estimate of drug-likeness (QED) is 0.275. The molecule has 14 heteroatoms. The number of nitrogens with one attached hydrogen (secondary N) is 1. The predicted octanol–water partition coefficient (Wildman–Crippen LogP) is 6.75. The summed E-state index contributed by atoms with van der Waals surface area (Å²) in [6.45, 7) is 9.45. The summed E-state index contributed by atoms with van der Waals surface area (Å²) in [4.78, 5) is 19.3. The minimum Gasteiger partial charge on any atom is -0.369 e. The number of amides is 2. The van der Waals surface area contributed by atoms with Crippen molar-refractivity contribution in [3.05, 3.63) is 59.0 Å². The van der Waals surface area contributed by atoms with Crippen LogP contribution < -0.4 is 5.32 Å². The molecule has 0 aliphatic carbocycles. The van der Waals surface area contributed by atoms with Gasteiger partial charge >= 0.3 is 18.4 Å². The molecule has 0 spiro atoms. The number of alkyl halides is 6. The van der Waals surface area contributed by atoms with Crippen molar-refractivity contribution in [3.63, 3.8) is 0 Å². The maximum absolute atomic E-state index is 13.3. The summed E-state index contributed by atoms with van der Waals surface area (Å²) in [5.41, 5.74) is -4.72. The summed E-state index contributed by atoms with van der Waals surface area (Å²) in [7, 11) is 0. The molecule has 0 saturated carbocycles. The number of nitrogens with zero attached hydrogens (tertiary/aromatic N) is 4. The molecule has 40 heavy (non-hydrogen) atoms. The number of hydrogen-bond acceptors (Lipinski definition) is 5. The first-order valence-electron chi connectivity index (χ1n) is 12.5. The van der Waals surface area contributed by atoms with Gasteiger partial charge in [-0.1, -0.05) is 44.5 Å². The molecular weight excluding hydrogens is 544 g/mol. The van der Waals surface area contributed by atoms with Crippen molar-refractivity contribution < 1.29 is 40.8 Å². The fraction of sp³-hybridized carbons (Fsp3) is 0.500. The smallest absolute Gasteiger partial charge is 0.369 e. The lowest BCUT2D eigenvalue weighted by Crippen LogP contribution is -2.53. The molecule has 220 valence electrons. The molecule has 0 radical (unpaired) electrons. The molecule has 2 amide bonds. The summed E-state index contributed by atoms with van der Waals surface area (Å²) < 4.78 is 86.4. The molecule has 0 unspecified atom stereocenters. The Morgan fingerprint density at radius 3 is 2.17 bits per heavy atom. The Hall–Kier alpha value is -3.55. The fourth-order valence-corrected chi connectivity index (χ4v) is 4.13. The van der Waals surface area contributed by atoms with Crippen LogP contribution in [0.5, 0.6) is 0 Å². The molecule has 8 nitrogen and oxygen atoms in total. The maximum Gasteiger partial charge on any atom is 0.430 e. The van der Waals surface area contributed by atoms with Gasteiger partial charge in [-0.15, -0.1) is 0 Å². The maximum atomic E-state index is 13.3. The topological polar surface area (TPSA) is 96.4 Å². The number of hydrogen-bond donors (Lipinski definition) is 2. The van der Waals surface area contributed by atoms with E-state index in [1.807, 2.05) is 20.8 Å². The largest absolute Gasteiger partial charge is 0.430 e. The fourth-order valence-electron chi connectivity index (χ4n) is 4.13. The highest BCUT2D eigenvalue weighted by molar-refractivity contribution is 5.90. The number of aliphatic hydroxyl groups is 1. The number of imidazole rings is 1. The third-order valence-corrected chi connectivity index (χ3v) is 6.37. The van der Waals surface area contributed by atoms with Gasteiger partial charge in [-0.2, -0.15) is 26.3 Å². The lowest BCUT2D eigenvalue weighted by atomic mass is 9.92. The molecule has 0 atom stereocenters. The predicted molar refractivity (Wildman–Crippen MR) is 134 cm³/mol. The first-order valence-corrected chi connectivity index (χ1v) is 12.5. The molecule has 0 fully saturated rings. The second-order valence-electron chi connectivity index (χ2n) is 9.77. The van der Waals surface area contributed by atoms with Gasteiger partial charge in [-0.3, -0.25) is 0 Å². The Balaban J connectivity index is 1.94. The molecule has 2 aromatic heterocycles. The van der Waals surface area contributed by atoms with E-state index in [-0.39, 0.29) is 18.2 Å². The van der Waals surface area contributed by atoms with Gasteiger partial charge in [0.15, 0.2) is 5.76 Å². The lowest BCUT2D eigenvalue weighted by molar-refractivity contribution is -0.376. The first kappa shape index (κ1) is 31.0. The summed E-state index contributed by atoms with van der Waals surface area (Å²) in [5.74, 6) is 0.737. The monoisotopic (exact) mass is 575 g/mol. The van der Waals surface area contributed by atoms with E-state index in [4.69, 9.17) is 4.52 Å². The zero-order valence-electron chi connectivity index (χ0n) is 22.6. The minimum atomic E-state index is -5.98. The third kappa shape index (κ3) is 6.11. The van der Waals surface area contributed by atoms with Crippen LogP contribution in [0.3, 0.4) is 0 Å². The van der Waals surface area contributed by atoms with Crippen molar-refractivity contribution in [3.8, 4) is 5.69 Å². The van der Waals surface area contributed by atoms with Gasteiger partial charge in [0, 0.05) is 29.9 Å². The molecule has 3 rings (SSSR count). The van der Waals surface area contributed by atoms with Gasteiger partial charge in [0.05, 0.1) is 12.2 Å². The number of unbranched alkanes of at least 4 members (excludes halogenated alkanes) is 1. The summed E-state index contributed by atoms with van der Waals surface area (Å²) in [6, 6.07) is 2.86. The van der Waals surface area contributed by atoms with E-state index in [2.05, 4.69) is 15.5 Å². The van der Waals surface area contributed by atoms with Crippen LogP contribution in [-0.4, -0.2) is 49.6 Å². The second kappa shape index (κ2) is 11.5. The van der Waals surface area contributed by atoms with Crippen molar-refractivity contribution in [1.29, 1.82) is 0 Å². The van der Waals surface area contributed by atoms with E-state index < -0.39 is 29.5 Å². The molecule has 1 aromatic carbocycles. The van der Waals surface area contributed by atoms with E-state index in [9.17, 15) is 36.2 Å². The Bertz CT molecular complexity index is 1280. The zero-order chi connectivity index (χ0) is 30.0. The highest BCUT2D eigenvalue weighted by Crippen LogP contribution is 2.50. The number of aromatic nitrogens is 3. The molecule has 2 N–H and O–H groups in total.